The van der Waals surface area contributed by atoms with Gasteiger partial charge in [-0.1, -0.05) is 6.42 Å². The summed E-state index contributed by atoms with van der Waals surface area (Å²) < 4.78 is 0. The maximum Gasteiger partial charge on any atom is 0.315 e. The molecule has 0 bridgehead atoms. The van der Waals surface area contributed by atoms with Gasteiger partial charge in [-0.15, -0.1) is 0 Å². The zero-order valence-corrected chi connectivity index (χ0v) is 12.3. The molecule has 0 saturated carbocycles. The van der Waals surface area contributed by atoms with E-state index in [0.717, 1.165) is 25.9 Å². The Morgan fingerprint density at radius 2 is 1.95 bits per heavy atom. The van der Waals surface area contributed by atoms with E-state index in [9.17, 15) is 9.59 Å². The lowest BCUT2D eigenvalue weighted by Gasteiger charge is -2.32. The minimum Gasteiger partial charge on any atom is -0.481 e. The first-order chi connectivity index (χ1) is 9.49. The van der Waals surface area contributed by atoms with Crippen LogP contribution in [0.5, 0.6) is 0 Å². The average molecular weight is 283 g/mol. The first kappa shape index (κ1) is 15.1. The minimum atomic E-state index is -0.892. The number of carbonyl (C=O) groups excluding carboxylic acids is 1. The number of piperidine rings is 1. The summed E-state index contributed by atoms with van der Waals surface area (Å²) in [6, 6.07) is 0.0312. The molecule has 4 atom stereocenters. The number of carboxylic acids is 1. The van der Waals surface area contributed by atoms with Crippen LogP contribution < -0.4 is 10.6 Å². The van der Waals surface area contributed by atoms with Crippen molar-refractivity contribution < 1.29 is 14.7 Å². The van der Waals surface area contributed by atoms with Crippen LogP contribution in [0.25, 0.3) is 0 Å². The number of amides is 2. The molecule has 6 heteroatoms. The maximum absolute atomic E-state index is 12.0. The lowest BCUT2D eigenvalue weighted by molar-refractivity contribution is -0.141. The lowest BCUT2D eigenvalue weighted by atomic mass is 9.99. The van der Waals surface area contributed by atoms with Crippen molar-refractivity contribution >= 4 is 12.0 Å². The van der Waals surface area contributed by atoms with Crippen molar-refractivity contribution in [1.82, 2.24) is 15.5 Å². The summed E-state index contributed by atoms with van der Waals surface area (Å²) >= 11 is 0. The largest absolute Gasteiger partial charge is 0.481 e. The molecule has 0 aliphatic carbocycles. The third kappa shape index (κ3) is 3.42. The van der Waals surface area contributed by atoms with E-state index in [0.29, 0.717) is 6.04 Å². The Hall–Kier alpha value is -1.30. The predicted molar refractivity (Wildman–Crippen MR) is 75.5 cm³/mol. The normalized spacial score (nSPS) is 29.3. The second-order valence-corrected chi connectivity index (χ2v) is 6.03. The molecule has 4 unspecified atom stereocenters. The van der Waals surface area contributed by atoms with E-state index in [1.54, 1.807) is 13.8 Å². The van der Waals surface area contributed by atoms with Gasteiger partial charge in [0.1, 0.15) is 0 Å². The number of fused-ring (bicyclic) bond motifs is 1. The number of aliphatic carboxylic acids is 1. The first-order valence-electron chi connectivity index (χ1n) is 7.53. The van der Waals surface area contributed by atoms with Gasteiger partial charge in [0.2, 0.25) is 0 Å². The first-order valence-corrected chi connectivity index (χ1v) is 7.53. The molecule has 2 rings (SSSR count). The molecule has 2 saturated heterocycles. The van der Waals surface area contributed by atoms with Crippen LogP contribution in [0.4, 0.5) is 4.79 Å². The number of nitrogens with zero attached hydrogens (tertiary/aromatic N) is 1. The molecule has 0 aromatic carbocycles. The van der Waals surface area contributed by atoms with Gasteiger partial charge in [-0.25, -0.2) is 4.79 Å². The summed E-state index contributed by atoms with van der Waals surface area (Å²) in [7, 11) is 0. The van der Waals surface area contributed by atoms with Crippen LogP contribution in [0.15, 0.2) is 0 Å². The topological polar surface area (TPSA) is 81.7 Å². The van der Waals surface area contributed by atoms with E-state index in [2.05, 4.69) is 15.5 Å². The molecular weight excluding hydrogens is 258 g/mol. The minimum absolute atomic E-state index is 0.197. The second-order valence-electron chi connectivity index (χ2n) is 6.03. The standard InChI is InChI=1S/C14H25N3O3/c1-9(13(18)19)10(2)15-14(20)16-11-6-8-17-7-4-3-5-12(11)17/h9-12H,3-8H2,1-2H3,(H,18,19)(H2,15,16,20). The van der Waals surface area contributed by atoms with Crippen LogP contribution in [0, 0.1) is 5.92 Å². The zero-order valence-electron chi connectivity index (χ0n) is 12.3. The van der Waals surface area contributed by atoms with Crippen molar-refractivity contribution in [2.45, 2.75) is 57.7 Å². The van der Waals surface area contributed by atoms with E-state index >= 15 is 0 Å². The van der Waals surface area contributed by atoms with Crippen LogP contribution in [0.3, 0.4) is 0 Å². The Bertz CT molecular complexity index is 375. The van der Waals surface area contributed by atoms with Crippen LogP contribution in [0.1, 0.15) is 39.5 Å². The molecule has 2 heterocycles. The van der Waals surface area contributed by atoms with Gasteiger partial charge in [-0.2, -0.15) is 0 Å². The third-order valence-electron chi connectivity index (χ3n) is 4.67. The van der Waals surface area contributed by atoms with E-state index in [4.69, 9.17) is 5.11 Å². The van der Waals surface area contributed by atoms with Crippen molar-refractivity contribution in [3.05, 3.63) is 0 Å². The fourth-order valence-electron chi connectivity index (χ4n) is 3.17. The molecule has 6 nitrogen and oxygen atoms in total. The smallest absolute Gasteiger partial charge is 0.315 e. The highest BCUT2D eigenvalue weighted by Gasteiger charge is 2.36. The van der Waals surface area contributed by atoms with Gasteiger partial charge in [0, 0.05) is 24.7 Å². The van der Waals surface area contributed by atoms with Crippen LogP contribution >= 0.6 is 0 Å². The third-order valence-corrected chi connectivity index (χ3v) is 4.67. The summed E-state index contributed by atoms with van der Waals surface area (Å²) in [5.74, 6) is -1.48. The molecular formula is C14H25N3O3. The maximum atomic E-state index is 12.0. The molecule has 2 aliphatic heterocycles. The Kier molecular flexibility index (Phi) is 4.86. The molecule has 2 amide bonds. The van der Waals surface area contributed by atoms with Gasteiger partial charge in [0.25, 0.3) is 0 Å². The van der Waals surface area contributed by atoms with Gasteiger partial charge in [-0.05, 0) is 39.7 Å². The second kappa shape index (κ2) is 6.43. The van der Waals surface area contributed by atoms with Crippen molar-refractivity contribution in [2.24, 2.45) is 5.92 Å². The van der Waals surface area contributed by atoms with E-state index < -0.39 is 11.9 Å². The van der Waals surface area contributed by atoms with Crippen LogP contribution in [-0.2, 0) is 4.79 Å². The summed E-state index contributed by atoms with van der Waals surface area (Å²) in [4.78, 5) is 25.3. The number of carboxylic acid groups (broad SMARTS) is 1. The molecule has 2 fully saturated rings. The van der Waals surface area contributed by atoms with Crippen molar-refractivity contribution in [2.75, 3.05) is 13.1 Å². The van der Waals surface area contributed by atoms with Crippen molar-refractivity contribution in [1.29, 1.82) is 0 Å². The fraction of sp³-hybridized carbons (Fsp3) is 0.857. The number of urea groups is 1. The van der Waals surface area contributed by atoms with Crippen molar-refractivity contribution in [3.8, 4) is 0 Å². The molecule has 20 heavy (non-hydrogen) atoms. The van der Waals surface area contributed by atoms with Gasteiger partial charge in [-0.3, -0.25) is 9.69 Å². The van der Waals surface area contributed by atoms with E-state index in [1.807, 2.05) is 0 Å². The number of rotatable bonds is 4. The summed E-state index contributed by atoms with van der Waals surface area (Å²) in [5.41, 5.74) is 0. The van der Waals surface area contributed by atoms with E-state index in [1.165, 1.54) is 12.8 Å². The molecule has 0 aromatic heterocycles. The number of carbonyl (C=O) groups is 2. The molecule has 2 aliphatic rings. The summed E-state index contributed by atoms with van der Waals surface area (Å²) in [6.07, 6.45) is 4.61. The number of hydrogen-bond acceptors (Lipinski definition) is 3. The lowest BCUT2D eigenvalue weighted by Crippen LogP contribution is -2.52. The average Bonchev–Trinajstić information content (AvgIpc) is 2.81. The Morgan fingerprint density at radius 1 is 1.20 bits per heavy atom. The van der Waals surface area contributed by atoms with Gasteiger partial charge in [0.15, 0.2) is 0 Å². The Balaban J connectivity index is 1.81. The molecule has 0 aromatic rings. The monoisotopic (exact) mass is 283 g/mol. The Labute approximate surface area is 119 Å². The summed E-state index contributed by atoms with van der Waals surface area (Å²) in [6.45, 7) is 5.51. The zero-order chi connectivity index (χ0) is 14.7. The molecule has 0 radical (unpaired) electrons. The quantitative estimate of drug-likeness (QED) is 0.719. The molecule has 3 N–H and O–H groups in total. The van der Waals surface area contributed by atoms with Crippen LogP contribution in [0.2, 0.25) is 0 Å². The van der Waals surface area contributed by atoms with Gasteiger partial charge < -0.3 is 15.7 Å². The van der Waals surface area contributed by atoms with Gasteiger partial charge >= 0.3 is 12.0 Å². The van der Waals surface area contributed by atoms with Gasteiger partial charge in [0.05, 0.1) is 5.92 Å². The number of hydrogen-bond donors (Lipinski definition) is 3. The molecule has 0 spiro atoms. The van der Waals surface area contributed by atoms with Crippen molar-refractivity contribution in [3.63, 3.8) is 0 Å². The van der Waals surface area contributed by atoms with Crippen LogP contribution in [-0.4, -0.2) is 53.2 Å². The summed E-state index contributed by atoms with van der Waals surface area (Å²) in [5, 5.41) is 14.7. The molecule has 114 valence electrons. The highest BCUT2D eigenvalue weighted by Crippen LogP contribution is 2.27. The highest BCUT2D eigenvalue weighted by atomic mass is 16.4. The fourth-order valence-corrected chi connectivity index (χ4v) is 3.17. The highest BCUT2D eigenvalue weighted by molar-refractivity contribution is 5.76. The number of nitrogens with one attached hydrogen (secondary N) is 2. The Morgan fingerprint density at radius 3 is 2.65 bits per heavy atom. The predicted octanol–water partition coefficient (Wildman–Crippen LogP) is 1.02. The SMILES string of the molecule is CC(NC(=O)NC1CCN2CCCCC12)C(C)C(=O)O. The van der Waals surface area contributed by atoms with E-state index in [-0.39, 0.29) is 18.1 Å².